The van der Waals surface area contributed by atoms with Gasteiger partial charge in [0.1, 0.15) is 11.6 Å². The number of nitrogens with one attached hydrogen (secondary N) is 1. The lowest BCUT2D eigenvalue weighted by Gasteiger charge is -2.30. The van der Waals surface area contributed by atoms with Gasteiger partial charge in [0.2, 0.25) is 11.8 Å². The van der Waals surface area contributed by atoms with Crippen LogP contribution in [0.15, 0.2) is 36.4 Å². The zero-order chi connectivity index (χ0) is 25.4. The Balaban J connectivity index is 1.95. The van der Waals surface area contributed by atoms with Gasteiger partial charge in [-0.1, -0.05) is 23.2 Å². The van der Waals surface area contributed by atoms with Crippen molar-refractivity contribution in [1.82, 2.24) is 0 Å². The Labute approximate surface area is 211 Å². The van der Waals surface area contributed by atoms with Crippen molar-refractivity contribution in [3.05, 3.63) is 52.0 Å². The highest BCUT2D eigenvalue weighted by atomic mass is 35.5. The van der Waals surface area contributed by atoms with E-state index in [-0.39, 0.29) is 38.7 Å². The van der Waals surface area contributed by atoms with Crippen LogP contribution in [0.3, 0.4) is 0 Å². The van der Waals surface area contributed by atoms with Gasteiger partial charge in [-0.25, -0.2) is 0 Å². The normalized spacial score (nSPS) is 15.8. The second kappa shape index (κ2) is 9.56. The number of benzene rings is 2. The molecule has 0 saturated carbocycles. The van der Waals surface area contributed by atoms with Crippen LogP contribution in [0.4, 0.5) is 17.1 Å². The van der Waals surface area contributed by atoms with Crippen LogP contribution in [0.2, 0.25) is 10.0 Å². The molecule has 0 aliphatic carbocycles. The number of hydrogen-bond acceptors (Lipinski definition) is 6. The summed E-state index contributed by atoms with van der Waals surface area (Å²) in [6.45, 7) is 3.40. The molecule has 3 rings (SSSR count). The van der Waals surface area contributed by atoms with Gasteiger partial charge in [0.05, 0.1) is 39.4 Å². The third kappa shape index (κ3) is 4.69. The third-order valence-electron chi connectivity index (χ3n) is 5.25. The van der Waals surface area contributed by atoms with E-state index in [0.29, 0.717) is 11.4 Å². The summed E-state index contributed by atoms with van der Waals surface area (Å²) in [6, 6.07) is 10.2. The molecule has 0 radical (unpaired) electrons. The van der Waals surface area contributed by atoms with Crippen molar-refractivity contribution >= 4 is 75.3 Å². The standard InChI is InChI=1S/C22H20Cl2N6O3S/c1-22(2)20(33)29(12-4-3-11(10-25)15(24)7-12)21(34)30(22)13-5-6-14(23)17(8-13)28-18(31)9-16(26)19(27)32/h3-8,16H,9,26H2,1-2H3,(H2,27,32)(H,28,31)/t16-/m0/s1. The molecule has 9 nitrogen and oxygen atoms in total. The molecule has 1 atom stereocenters. The van der Waals surface area contributed by atoms with E-state index in [1.807, 2.05) is 6.07 Å². The Morgan fingerprint density at radius 1 is 1.18 bits per heavy atom. The Kier molecular flexibility index (Phi) is 7.14. The van der Waals surface area contributed by atoms with Gasteiger partial charge in [-0.05, 0) is 62.5 Å². The number of rotatable bonds is 6. The predicted molar refractivity (Wildman–Crippen MR) is 135 cm³/mol. The molecule has 1 aliphatic rings. The molecular weight excluding hydrogens is 499 g/mol. The van der Waals surface area contributed by atoms with Crippen LogP contribution in [0, 0.1) is 11.3 Å². The quantitative estimate of drug-likeness (QED) is 0.498. The number of amides is 3. The van der Waals surface area contributed by atoms with E-state index in [4.69, 9.17) is 52.1 Å². The van der Waals surface area contributed by atoms with Crippen LogP contribution in [-0.4, -0.2) is 34.4 Å². The van der Waals surface area contributed by atoms with Crippen molar-refractivity contribution in [2.75, 3.05) is 15.1 Å². The average Bonchev–Trinajstić information content (AvgIpc) is 2.93. The number of nitriles is 1. The van der Waals surface area contributed by atoms with Gasteiger partial charge in [-0.15, -0.1) is 0 Å². The molecule has 1 heterocycles. The SMILES string of the molecule is CC1(C)C(=O)N(c2ccc(C#N)c(Cl)c2)C(=S)N1c1ccc(Cl)c(NC(=O)C[C@H](N)C(N)=O)c1. The van der Waals surface area contributed by atoms with E-state index in [0.717, 1.165) is 0 Å². The van der Waals surface area contributed by atoms with E-state index < -0.39 is 23.4 Å². The summed E-state index contributed by atoms with van der Waals surface area (Å²) in [5.74, 6) is -1.68. The minimum atomic E-state index is -1.14. The van der Waals surface area contributed by atoms with E-state index in [1.165, 1.54) is 17.0 Å². The van der Waals surface area contributed by atoms with Crippen LogP contribution < -0.4 is 26.6 Å². The number of nitrogens with zero attached hydrogens (tertiary/aromatic N) is 3. The molecule has 1 saturated heterocycles. The minimum absolute atomic E-state index is 0.172. The third-order valence-corrected chi connectivity index (χ3v) is 6.26. The number of primary amides is 1. The lowest BCUT2D eigenvalue weighted by atomic mass is 10.0. The number of nitrogens with two attached hydrogens (primary N) is 2. The molecule has 0 spiro atoms. The van der Waals surface area contributed by atoms with Crippen LogP contribution in [0.5, 0.6) is 0 Å². The van der Waals surface area contributed by atoms with Crippen molar-refractivity contribution in [2.45, 2.75) is 31.8 Å². The Morgan fingerprint density at radius 3 is 2.41 bits per heavy atom. The first-order valence-electron chi connectivity index (χ1n) is 9.91. The molecule has 5 N–H and O–H groups in total. The average molecular weight is 519 g/mol. The highest BCUT2D eigenvalue weighted by Crippen LogP contribution is 2.39. The van der Waals surface area contributed by atoms with Gasteiger partial charge in [0.15, 0.2) is 5.11 Å². The molecular formula is C22H20Cl2N6O3S. The fourth-order valence-corrected chi connectivity index (χ4v) is 4.34. The summed E-state index contributed by atoms with van der Waals surface area (Å²) in [4.78, 5) is 39.7. The van der Waals surface area contributed by atoms with Gasteiger partial charge < -0.3 is 21.7 Å². The van der Waals surface area contributed by atoms with Crippen molar-refractivity contribution in [3.63, 3.8) is 0 Å². The maximum atomic E-state index is 13.3. The smallest absolute Gasteiger partial charge is 0.259 e. The number of halogens is 2. The summed E-state index contributed by atoms with van der Waals surface area (Å²) >= 11 is 18.0. The second-order valence-corrected chi connectivity index (χ2v) is 9.20. The predicted octanol–water partition coefficient (Wildman–Crippen LogP) is 2.92. The first kappa shape index (κ1) is 25.4. The van der Waals surface area contributed by atoms with Crippen LogP contribution in [0.1, 0.15) is 25.8 Å². The van der Waals surface area contributed by atoms with Crippen molar-refractivity contribution in [2.24, 2.45) is 11.5 Å². The fraction of sp³-hybridized carbons (Fsp3) is 0.227. The number of carbonyl (C=O) groups excluding carboxylic acids is 3. The van der Waals surface area contributed by atoms with Crippen molar-refractivity contribution in [3.8, 4) is 6.07 Å². The molecule has 3 amide bonds. The maximum absolute atomic E-state index is 13.3. The van der Waals surface area contributed by atoms with E-state index in [2.05, 4.69) is 5.32 Å². The molecule has 1 aliphatic heterocycles. The molecule has 2 aromatic rings. The van der Waals surface area contributed by atoms with Gasteiger partial charge in [0, 0.05) is 5.69 Å². The minimum Gasteiger partial charge on any atom is -0.368 e. The van der Waals surface area contributed by atoms with Gasteiger partial charge in [0.25, 0.3) is 5.91 Å². The molecule has 34 heavy (non-hydrogen) atoms. The maximum Gasteiger partial charge on any atom is 0.259 e. The summed E-state index contributed by atoms with van der Waals surface area (Å²) in [5, 5.41) is 12.3. The molecule has 1 fully saturated rings. The highest BCUT2D eigenvalue weighted by molar-refractivity contribution is 7.81. The topological polar surface area (TPSA) is 146 Å². The number of thiocarbonyl (C=S) groups is 1. The van der Waals surface area contributed by atoms with Gasteiger partial charge in [-0.2, -0.15) is 5.26 Å². The second-order valence-electron chi connectivity index (χ2n) is 8.02. The van der Waals surface area contributed by atoms with Gasteiger partial charge >= 0.3 is 0 Å². The zero-order valence-corrected chi connectivity index (χ0v) is 20.5. The van der Waals surface area contributed by atoms with E-state index in [1.54, 1.807) is 43.0 Å². The fourth-order valence-electron chi connectivity index (χ4n) is 3.44. The van der Waals surface area contributed by atoms with Crippen LogP contribution >= 0.6 is 35.4 Å². The number of carbonyl (C=O) groups is 3. The van der Waals surface area contributed by atoms with Crippen molar-refractivity contribution < 1.29 is 14.4 Å². The molecule has 176 valence electrons. The Bertz CT molecular complexity index is 1260. The first-order valence-corrected chi connectivity index (χ1v) is 11.1. The van der Waals surface area contributed by atoms with Crippen LogP contribution in [-0.2, 0) is 14.4 Å². The molecule has 0 bridgehead atoms. The van der Waals surface area contributed by atoms with Crippen molar-refractivity contribution in [1.29, 1.82) is 5.26 Å². The summed E-state index contributed by atoms with van der Waals surface area (Å²) in [6.07, 6.45) is -0.324. The van der Waals surface area contributed by atoms with E-state index in [9.17, 15) is 14.4 Å². The zero-order valence-electron chi connectivity index (χ0n) is 18.1. The lowest BCUT2D eigenvalue weighted by Crippen LogP contribution is -2.44. The Morgan fingerprint density at radius 2 is 1.82 bits per heavy atom. The summed E-state index contributed by atoms with van der Waals surface area (Å²) in [5.41, 5.74) is 11.0. The Hall–Kier alpha value is -3.23. The number of hydrogen-bond donors (Lipinski definition) is 3. The summed E-state index contributed by atoms with van der Waals surface area (Å²) < 4.78 is 0. The molecule has 0 aromatic heterocycles. The van der Waals surface area contributed by atoms with Gasteiger partial charge in [-0.3, -0.25) is 19.3 Å². The summed E-state index contributed by atoms with van der Waals surface area (Å²) in [7, 11) is 0. The first-order chi connectivity index (χ1) is 15.9. The lowest BCUT2D eigenvalue weighted by molar-refractivity contribution is -0.123. The van der Waals surface area contributed by atoms with E-state index >= 15 is 0 Å². The van der Waals surface area contributed by atoms with Crippen LogP contribution in [0.25, 0.3) is 0 Å². The largest absolute Gasteiger partial charge is 0.368 e. The monoisotopic (exact) mass is 518 g/mol. The number of anilines is 3. The highest BCUT2D eigenvalue weighted by Gasteiger charge is 2.50. The molecule has 0 unspecified atom stereocenters. The molecule has 12 heteroatoms. The molecule has 2 aromatic carbocycles.